The van der Waals surface area contributed by atoms with Crippen molar-refractivity contribution in [2.75, 3.05) is 32.7 Å². The van der Waals surface area contributed by atoms with Gasteiger partial charge >= 0.3 is 0 Å². The van der Waals surface area contributed by atoms with E-state index in [1.807, 2.05) is 0 Å². The number of hydrogen-bond donors (Lipinski definition) is 1. The van der Waals surface area contributed by atoms with E-state index in [0.717, 1.165) is 36.7 Å². The predicted molar refractivity (Wildman–Crippen MR) is 109 cm³/mol. The molecule has 0 bridgehead atoms. The van der Waals surface area contributed by atoms with E-state index in [1.54, 1.807) is 41.3 Å². The number of benzene rings is 2. The molecule has 1 spiro atoms. The van der Waals surface area contributed by atoms with Crippen LogP contribution in [0.25, 0.3) is 10.8 Å². The van der Waals surface area contributed by atoms with Gasteiger partial charge in [-0.05, 0) is 61.0 Å². The number of piperidine rings is 1. The molecule has 1 atom stereocenters. The number of sulfonamides is 1. The molecule has 3 saturated heterocycles. The molecule has 9 heteroatoms. The summed E-state index contributed by atoms with van der Waals surface area (Å²) >= 11 is 6.01. The Morgan fingerprint density at radius 1 is 1.10 bits per heavy atom. The van der Waals surface area contributed by atoms with Crippen LogP contribution in [0, 0.1) is 0 Å². The molecule has 3 aliphatic heterocycles. The maximum Gasteiger partial charge on any atom is 0.243 e. The number of amides is 1. The molecular formula is C20H22ClN3O4S. The van der Waals surface area contributed by atoms with Crippen molar-refractivity contribution in [3.8, 4) is 0 Å². The second-order valence-electron chi connectivity index (χ2n) is 7.98. The van der Waals surface area contributed by atoms with Gasteiger partial charge in [-0.15, -0.1) is 0 Å². The van der Waals surface area contributed by atoms with Gasteiger partial charge in [0.15, 0.2) is 0 Å². The summed E-state index contributed by atoms with van der Waals surface area (Å²) in [6.45, 7) is 2.23. The minimum Gasteiger partial charge on any atom is -0.348 e. The van der Waals surface area contributed by atoms with Crippen LogP contribution in [0.2, 0.25) is 5.02 Å². The summed E-state index contributed by atoms with van der Waals surface area (Å²) in [6.07, 6.45) is 1.13. The van der Waals surface area contributed by atoms with Crippen molar-refractivity contribution in [1.82, 2.24) is 14.5 Å². The van der Waals surface area contributed by atoms with Crippen LogP contribution in [0.3, 0.4) is 0 Å². The third-order valence-corrected chi connectivity index (χ3v) is 8.15. The fourth-order valence-electron chi connectivity index (χ4n) is 4.51. The van der Waals surface area contributed by atoms with Gasteiger partial charge in [-0.25, -0.2) is 8.42 Å². The first-order chi connectivity index (χ1) is 13.9. The maximum absolute atomic E-state index is 13.3. The summed E-state index contributed by atoms with van der Waals surface area (Å²) in [4.78, 5) is 14.6. The molecule has 1 amide bonds. The number of rotatable bonds is 2. The highest BCUT2D eigenvalue weighted by molar-refractivity contribution is 7.89. The molecule has 7 nitrogen and oxygen atoms in total. The molecule has 0 radical (unpaired) electrons. The number of nitrogens with one attached hydrogen (secondary N) is 1. The van der Waals surface area contributed by atoms with Crippen molar-refractivity contribution < 1.29 is 17.9 Å². The average Bonchev–Trinajstić information content (AvgIpc) is 3.06. The maximum atomic E-state index is 13.3. The number of ether oxygens (including phenoxy) is 1. The van der Waals surface area contributed by atoms with Gasteiger partial charge in [0, 0.05) is 5.02 Å². The van der Waals surface area contributed by atoms with Gasteiger partial charge in [0.25, 0.3) is 0 Å². The number of halogens is 1. The van der Waals surface area contributed by atoms with Crippen molar-refractivity contribution in [2.24, 2.45) is 0 Å². The van der Waals surface area contributed by atoms with Crippen molar-refractivity contribution in [2.45, 2.75) is 29.6 Å². The molecule has 1 unspecified atom stereocenters. The van der Waals surface area contributed by atoms with Crippen LogP contribution in [-0.4, -0.2) is 68.1 Å². The fourth-order valence-corrected chi connectivity index (χ4v) is 6.11. The molecule has 2 aromatic rings. The lowest BCUT2D eigenvalue weighted by Gasteiger charge is -2.35. The van der Waals surface area contributed by atoms with Gasteiger partial charge in [-0.3, -0.25) is 4.79 Å². The second-order valence-corrected chi connectivity index (χ2v) is 10.4. The largest absolute Gasteiger partial charge is 0.348 e. The monoisotopic (exact) mass is 435 g/mol. The van der Waals surface area contributed by atoms with Gasteiger partial charge in [0.2, 0.25) is 15.9 Å². The molecule has 3 heterocycles. The Morgan fingerprint density at radius 2 is 1.83 bits per heavy atom. The number of fused-ring (bicyclic) bond motifs is 2. The van der Waals surface area contributed by atoms with Crippen LogP contribution in [0.4, 0.5) is 0 Å². The number of hydrogen-bond acceptors (Lipinski definition) is 5. The first-order valence-corrected chi connectivity index (χ1v) is 11.6. The average molecular weight is 436 g/mol. The van der Waals surface area contributed by atoms with Gasteiger partial charge in [-0.1, -0.05) is 23.7 Å². The zero-order valence-corrected chi connectivity index (χ0v) is 17.4. The predicted octanol–water partition coefficient (Wildman–Crippen LogP) is 1.80. The number of carbonyl (C=O) groups is 1. The standard InChI is InChI=1S/C20H22ClN3O4S/c21-16-3-1-15-10-17(4-2-14(15)9-16)29(26,27)23-11-18(25)24-13-20(28-19(24)12-23)5-7-22-8-6-20/h1-4,9-10,19,22H,5-8,11-13H2. The third-order valence-electron chi connectivity index (χ3n) is 6.11. The van der Waals surface area contributed by atoms with E-state index < -0.39 is 16.3 Å². The van der Waals surface area contributed by atoms with E-state index >= 15 is 0 Å². The highest BCUT2D eigenvalue weighted by atomic mass is 35.5. The van der Waals surface area contributed by atoms with E-state index in [0.29, 0.717) is 11.6 Å². The lowest BCUT2D eigenvalue weighted by molar-refractivity contribution is -0.144. The molecule has 154 valence electrons. The molecule has 2 aromatic carbocycles. The first-order valence-electron chi connectivity index (χ1n) is 9.74. The van der Waals surface area contributed by atoms with Crippen molar-refractivity contribution in [3.63, 3.8) is 0 Å². The summed E-state index contributed by atoms with van der Waals surface area (Å²) in [7, 11) is -3.82. The van der Waals surface area contributed by atoms with E-state index in [1.165, 1.54) is 4.31 Å². The Labute approximate surface area is 174 Å². The van der Waals surface area contributed by atoms with Crippen LogP contribution >= 0.6 is 11.6 Å². The normalized spacial score (nSPS) is 24.9. The van der Waals surface area contributed by atoms with Crippen molar-refractivity contribution in [3.05, 3.63) is 41.4 Å². The number of carbonyl (C=O) groups excluding carboxylic acids is 1. The molecule has 3 fully saturated rings. The SMILES string of the molecule is O=C1CN(S(=O)(=O)c2ccc3cc(Cl)ccc3c2)CC2OC3(CCNCC3)CN12. The van der Waals surface area contributed by atoms with E-state index in [4.69, 9.17) is 16.3 Å². The van der Waals surface area contributed by atoms with Crippen LogP contribution in [0.1, 0.15) is 12.8 Å². The Kier molecular flexibility index (Phi) is 4.60. The molecule has 29 heavy (non-hydrogen) atoms. The van der Waals surface area contributed by atoms with Crippen LogP contribution < -0.4 is 5.32 Å². The van der Waals surface area contributed by atoms with E-state index in [9.17, 15) is 13.2 Å². The number of nitrogens with zero attached hydrogens (tertiary/aromatic N) is 2. The zero-order valence-electron chi connectivity index (χ0n) is 15.8. The van der Waals surface area contributed by atoms with Gasteiger partial charge in [-0.2, -0.15) is 4.31 Å². The summed E-state index contributed by atoms with van der Waals surface area (Å²) in [5.74, 6) is -0.201. The van der Waals surface area contributed by atoms with Crippen molar-refractivity contribution in [1.29, 1.82) is 0 Å². The smallest absolute Gasteiger partial charge is 0.243 e. The van der Waals surface area contributed by atoms with E-state index in [-0.39, 0.29) is 29.5 Å². The minimum atomic E-state index is -3.82. The minimum absolute atomic E-state index is 0.155. The van der Waals surface area contributed by atoms with Crippen LogP contribution in [0.15, 0.2) is 41.3 Å². The first kappa shape index (κ1) is 19.3. The van der Waals surface area contributed by atoms with E-state index in [2.05, 4.69) is 5.32 Å². The topological polar surface area (TPSA) is 79.0 Å². The summed E-state index contributed by atoms with van der Waals surface area (Å²) in [5, 5.41) is 5.55. The highest BCUT2D eigenvalue weighted by Crippen LogP contribution is 2.36. The zero-order chi connectivity index (χ0) is 20.2. The van der Waals surface area contributed by atoms with Crippen LogP contribution in [0.5, 0.6) is 0 Å². The van der Waals surface area contributed by atoms with Crippen LogP contribution in [-0.2, 0) is 19.6 Å². The van der Waals surface area contributed by atoms with Gasteiger partial charge in [0.05, 0.1) is 30.1 Å². The Hall–Kier alpha value is -1.71. The van der Waals surface area contributed by atoms with Crippen molar-refractivity contribution >= 4 is 38.3 Å². The molecule has 0 aromatic heterocycles. The Bertz CT molecular complexity index is 1080. The third kappa shape index (κ3) is 3.33. The molecule has 3 aliphatic rings. The Balaban J connectivity index is 1.42. The fraction of sp³-hybridized carbons (Fsp3) is 0.450. The second kappa shape index (κ2) is 6.92. The van der Waals surface area contributed by atoms with Gasteiger partial charge in [0.1, 0.15) is 6.23 Å². The lowest BCUT2D eigenvalue weighted by Crippen LogP contribution is -2.55. The number of piperazine rings is 1. The summed E-state index contributed by atoms with van der Waals surface area (Å²) in [5.41, 5.74) is -0.354. The molecule has 1 N–H and O–H groups in total. The molecular weight excluding hydrogens is 414 g/mol. The quantitative estimate of drug-likeness (QED) is 0.778. The molecule has 5 rings (SSSR count). The lowest BCUT2D eigenvalue weighted by atomic mass is 9.92. The highest BCUT2D eigenvalue weighted by Gasteiger charge is 2.51. The Morgan fingerprint density at radius 3 is 2.62 bits per heavy atom. The van der Waals surface area contributed by atoms with Gasteiger partial charge < -0.3 is 15.0 Å². The summed E-state index contributed by atoms with van der Waals surface area (Å²) < 4.78 is 34.0. The molecule has 0 saturated carbocycles. The summed E-state index contributed by atoms with van der Waals surface area (Å²) in [6, 6.07) is 10.2. The molecule has 0 aliphatic carbocycles.